The maximum Gasteiger partial charge on any atom is 0.261 e. The SMILES string of the molecule is CC[NH+]1CCCC1CNC(=O)c1sc2ncnc(N(C)c3ccccc3)c2c1C. The van der Waals surface area contributed by atoms with Crippen molar-refractivity contribution in [3.8, 4) is 0 Å². The van der Waals surface area contributed by atoms with Gasteiger partial charge >= 0.3 is 0 Å². The third-order valence-electron chi connectivity index (χ3n) is 5.97. The van der Waals surface area contributed by atoms with Gasteiger partial charge in [-0.15, -0.1) is 11.3 Å². The third-order valence-corrected chi connectivity index (χ3v) is 7.16. The number of likely N-dealkylation sites (tertiary alicyclic amines) is 1. The molecule has 2 unspecified atom stereocenters. The van der Waals surface area contributed by atoms with Gasteiger partial charge < -0.3 is 15.1 Å². The zero-order chi connectivity index (χ0) is 20.4. The van der Waals surface area contributed by atoms with E-state index in [2.05, 4.69) is 22.2 Å². The quantitative estimate of drug-likeness (QED) is 0.656. The van der Waals surface area contributed by atoms with Crippen LogP contribution < -0.4 is 15.1 Å². The van der Waals surface area contributed by atoms with Gasteiger partial charge in [-0.1, -0.05) is 18.2 Å². The molecular formula is C22H28N5OS+. The van der Waals surface area contributed by atoms with Crippen molar-refractivity contribution in [1.29, 1.82) is 0 Å². The number of aromatic nitrogens is 2. The lowest BCUT2D eigenvalue weighted by atomic mass is 10.1. The van der Waals surface area contributed by atoms with E-state index in [4.69, 9.17) is 0 Å². The number of thiophene rings is 1. The second-order valence-corrected chi connectivity index (χ2v) is 8.64. The molecule has 4 rings (SSSR count). The molecule has 3 heterocycles. The third kappa shape index (κ3) is 3.84. The maximum absolute atomic E-state index is 13.0. The summed E-state index contributed by atoms with van der Waals surface area (Å²) in [7, 11) is 2.00. The van der Waals surface area contributed by atoms with Crippen molar-refractivity contribution >= 4 is 39.0 Å². The molecule has 0 spiro atoms. The Morgan fingerprint density at radius 1 is 1.31 bits per heavy atom. The predicted octanol–water partition coefficient (Wildman–Crippen LogP) is 2.56. The van der Waals surface area contributed by atoms with Crippen LogP contribution in [0.3, 0.4) is 0 Å². The number of likely N-dealkylation sites (N-methyl/N-ethyl adjacent to an activating group) is 1. The summed E-state index contributed by atoms with van der Waals surface area (Å²) >= 11 is 1.45. The lowest BCUT2D eigenvalue weighted by Gasteiger charge is -2.20. The first-order valence-corrected chi connectivity index (χ1v) is 11.1. The van der Waals surface area contributed by atoms with Gasteiger partial charge in [-0.2, -0.15) is 0 Å². The molecule has 1 amide bonds. The Kier molecular flexibility index (Phi) is 5.78. The van der Waals surface area contributed by atoms with Crippen LogP contribution in [-0.2, 0) is 0 Å². The van der Waals surface area contributed by atoms with Gasteiger partial charge in [-0.3, -0.25) is 4.79 Å². The lowest BCUT2D eigenvalue weighted by Crippen LogP contribution is -3.14. The van der Waals surface area contributed by atoms with Crippen LogP contribution in [-0.4, -0.2) is 48.6 Å². The second-order valence-electron chi connectivity index (χ2n) is 7.64. The molecule has 152 valence electrons. The van der Waals surface area contributed by atoms with E-state index in [-0.39, 0.29) is 5.91 Å². The van der Waals surface area contributed by atoms with Crippen LogP contribution in [0.15, 0.2) is 36.7 Å². The van der Waals surface area contributed by atoms with E-state index >= 15 is 0 Å². The molecule has 1 saturated heterocycles. The molecule has 2 atom stereocenters. The zero-order valence-corrected chi connectivity index (χ0v) is 18.1. The number of anilines is 2. The number of rotatable bonds is 6. The van der Waals surface area contributed by atoms with Crippen molar-refractivity contribution in [2.45, 2.75) is 32.7 Å². The second kappa shape index (κ2) is 8.47. The number of amides is 1. The summed E-state index contributed by atoms with van der Waals surface area (Å²) in [4.78, 5) is 27.2. The summed E-state index contributed by atoms with van der Waals surface area (Å²) in [5.74, 6) is 0.826. The first-order valence-electron chi connectivity index (χ1n) is 10.3. The molecule has 0 aliphatic carbocycles. The van der Waals surface area contributed by atoms with E-state index < -0.39 is 0 Å². The Morgan fingerprint density at radius 3 is 2.86 bits per heavy atom. The summed E-state index contributed by atoms with van der Waals surface area (Å²) < 4.78 is 0. The molecule has 1 fully saturated rings. The van der Waals surface area contributed by atoms with Crippen LogP contribution in [0.2, 0.25) is 0 Å². The van der Waals surface area contributed by atoms with E-state index in [0.29, 0.717) is 6.04 Å². The molecule has 1 aromatic carbocycles. The number of nitrogens with zero attached hydrogens (tertiary/aromatic N) is 3. The normalized spacial score (nSPS) is 18.9. The molecule has 0 bridgehead atoms. The van der Waals surface area contributed by atoms with E-state index in [1.165, 1.54) is 30.7 Å². The molecule has 29 heavy (non-hydrogen) atoms. The summed E-state index contributed by atoms with van der Waals surface area (Å²) in [6.45, 7) is 7.28. The lowest BCUT2D eigenvalue weighted by molar-refractivity contribution is -0.909. The van der Waals surface area contributed by atoms with Gasteiger partial charge in [-0.25, -0.2) is 9.97 Å². The largest absolute Gasteiger partial charge is 0.345 e. The minimum absolute atomic E-state index is 0.00108. The molecule has 2 aromatic heterocycles. The van der Waals surface area contributed by atoms with Crippen LogP contribution >= 0.6 is 11.3 Å². The number of hydrogen-bond acceptors (Lipinski definition) is 5. The number of benzene rings is 1. The molecule has 1 aliphatic rings. The summed E-state index contributed by atoms with van der Waals surface area (Å²) in [5.41, 5.74) is 2.00. The van der Waals surface area contributed by atoms with Crippen molar-refractivity contribution in [3.05, 3.63) is 47.1 Å². The molecule has 7 heteroatoms. The zero-order valence-electron chi connectivity index (χ0n) is 17.2. The van der Waals surface area contributed by atoms with Crippen molar-refractivity contribution in [2.24, 2.45) is 0 Å². The predicted molar refractivity (Wildman–Crippen MR) is 118 cm³/mol. The van der Waals surface area contributed by atoms with Crippen LogP contribution in [0.1, 0.15) is 35.0 Å². The summed E-state index contributed by atoms with van der Waals surface area (Å²) in [6, 6.07) is 10.6. The Balaban J connectivity index is 1.60. The molecule has 0 radical (unpaired) electrons. The topological polar surface area (TPSA) is 62.6 Å². The average molecular weight is 411 g/mol. The summed E-state index contributed by atoms with van der Waals surface area (Å²) in [6.07, 6.45) is 4.01. The van der Waals surface area contributed by atoms with Crippen LogP contribution in [0, 0.1) is 6.92 Å². The molecule has 0 saturated carbocycles. The van der Waals surface area contributed by atoms with Gasteiger partial charge in [-0.05, 0) is 31.5 Å². The van der Waals surface area contributed by atoms with E-state index in [1.54, 1.807) is 11.2 Å². The van der Waals surface area contributed by atoms with E-state index in [9.17, 15) is 4.79 Å². The van der Waals surface area contributed by atoms with Crippen LogP contribution in [0.5, 0.6) is 0 Å². The van der Waals surface area contributed by atoms with E-state index in [0.717, 1.165) is 45.3 Å². The number of hydrogen-bond donors (Lipinski definition) is 2. The Bertz CT molecular complexity index is 1000. The number of carbonyl (C=O) groups is 1. The van der Waals surface area contributed by atoms with Gasteiger partial charge in [0, 0.05) is 25.6 Å². The minimum atomic E-state index is 0.00108. The van der Waals surface area contributed by atoms with Crippen LogP contribution in [0.4, 0.5) is 11.5 Å². The number of nitrogens with one attached hydrogen (secondary N) is 2. The number of para-hydroxylation sites is 1. The van der Waals surface area contributed by atoms with Gasteiger partial charge in [0.1, 0.15) is 23.0 Å². The fourth-order valence-electron chi connectivity index (χ4n) is 4.29. The van der Waals surface area contributed by atoms with Gasteiger partial charge in [0.15, 0.2) is 0 Å². The first-order chi connectivity index (χ1) is 14.1. The first kappa shape index (κ1) is 19.8. The van der Waals surface area contributed by atoms with E-state index in [1.807, 2.05) is 49.2 Å². The van der Waals surface area contributed by atoms with Gasteiger partial charge in [0.2, 0.25) is 0 Å². The maximum atomic E-state index is 13.0. The highest BCUT2D eigenvalue weighted by molar-refractivity contribution is 7.20. The number of quaternary nitrogens is 1. The minimum Gasteiger partial charge on any atom is -0.345 e. The molecule has 2 N–H and O–H groups in total. The average Bonchev–Trinajstić information content (AvgIpc) is 3.36. The van der Waals surface area contributed by atoms with Crippen LogP contribution in [0.25, 0.3) is 10.2 Å². The number of aryl methyl sites for hydroxylation is 1. The standard InChI is InChI=1S/C22H27N5OS/c1-4-27-12-8-11-17(27)13-23-21(28)19-15(2)18-20(24-14-25-22(18)29-19)26(3)16-9-6-5-7-10-16/h5-7,9-10,14,17H,4,8,11-13H2,1-3H3,(H,23,28)/p+1. The van der Waals surface area contributed by atoms with Crippen molar-refractivity contribution in [1.82, 2.24) is 15.3 Å². The fraction of sp³-hybridized carbons (Fsp3) is 0.409. The fourth-order valence-corrected chi connectivity index (χ4v) is 5.35. The molecule has 3 aromatic rings. The smallest absolute Gasteiger partial charge is 0.261 e. The highest BCUT2D eigenvalue weighted by atomic mass is 32.1. The summed E-state index contributed by atoms with van der Waals surface area (Å²) in [5, 5.41) is 4.13. The molecule has 1 aliphatic heterocycles. The molecular weight excluding hydrogens is 382 g/mol. The Morgan fingerprint density at radius 2 is 2.10 bits per heavy atom. The number of fused-ring (bicyclic) bond motifs is 1. The van der Waals surface area contributed by atoms with Gasteiger partial charge in [0.05, 0.1) is 29.9 Å². The monoisotopic (exact) mass is 410 g/mol. The highest BCUT2D eigenvalue weighted by Gasteiger charge is 2.28. The Hall–Kier alpha value is -2.51. The number of carbonyl (C=O) groups excluding carboxylic acids is 1. The highest BCUT2D eigenvalue weighted by Crippen LogP contribution is 2.36. The van der Waals surface area contributed by atoms with Crippen molar-refractivity contribution < 1.29 is 9.69 Å². The Labute approximate surface area is 175 Å². The van der Waals surface area contributed by atoms with Gasteiger partial charge in [0.25, 0.3) is 5.91 Å². The van der Waals surface area contributed by atoms with Crippen molar-refractivity contribution in [3.63, 3.8) is 0 Å². The van der Waals surface area contributed by atoms with Crippen molar-refractivity contribution in [2.75, 3.05) is 31.6 Å². The molecule has 6 nitrogen and oxygen atoms in total.